The van der Waals surface area contributed by atoms with Crippen molar-refractivity contribution < 1.29 is 19.1 Å². The Labute approximate surface area is 262 Å². The molecule has 4 rings (SSSR count). The summed E-state index contributed by atoms with van der Waals surface area (Å²) in [6, 6.07) is 26.1. The lowest BCUT2D eigenvalue weighted by Gasteiger charge is -2.28. The molecule has 0 radical (unpaired) electrons. The highest BCUT2D eigenvalue weighted by Crippen LogP contribution is 2.27. The summed E-state index contributed by atoms with van der Waals surface area (Å²) < 4.78 is 5.69. The number of carbonyl (C=O) groups excluding carboxylic acids is 3. The van der Waals surface area contributed by atoms with Crippen molar-refractivity contribution in [2.45, 2.75) is 32.9 Å². The lowest BCUT2D eigenvalue weighted by Crippen LogP contribution is -2.42. The lowest BCUT2D eigenvalue weighted by atomic mass is 9.99. The van der Waals surface area contributed by atoms with Gasteiger partial charge in [-0.25, -0.2) is 0 Å². The SMILES string of the molecule is C=C/C=C\C(=C/C)N1C(=O)/C(=C/c2ccc(OC(C)C)cc2)C(=O)N=C1SCC(=O)NC(c1ccccc1)c1ccccc1. The van der Waals surface area contributed by atoms with Crippen LogP contribution in [0.5, 0.6) is 5.75 Å². The van der Waals surface area contributed by atoms with Gasteiger partial charge >= 0.3 is 0 Å². The summed E-state index contributed by atoms with van der Waals surface area (Å²) in [4.78, 5) is 45.9. The molecular weight excluding hydrogens is 570 g/mol. The Bertz CT molecular complexity index is 1570. The Morgan fingerprint density at radius 2 is 1.59 bits per heavy atom. The summed E-state index contributed by atoms with van der Waals surface area (Å²) >= 11 is 1.02. The van der Waals surface area contributed by atoms with Crippen LogP contribution in [0, 0.1) is 0 Å². The van der Waals surface area contributed by atoms with E-state index in [2.05, 4.69) is 16.9 Å². The molecule has 0 bridgehead atoms. The maximum atomic E-state index is 13.8. The van der Waals surface area contributed by atoms with Crippen LogP contribution < -0.4 is 10.1 Å². The second kappa shape index (κ2) is 15.5. The van der Waals surface area contributed by atoms with Gasteiger partial charge in [0.05, 0.1) is 17.9 Å². The van der Waals surface area contributed by atoms with E-state index in [9.17, 15) is 14.4 Å². The molecule has 7 nitrogen and oxygen atoms in total. The molecule has 1 heterocycles. The molecule has 3 amide bonds. The van der Waals surface area contributed by atoms with E-state index in [1.807, 2.05) is 74.5 Å². The number of hydrogen-bond donors (Lipinski definition) is 1. The zero-order valence-corrected chi connectivity index (χ0v) is 25.8. The molecule has 3 aromatic carbocycles. The second-order valence-corrected chi connectivity index (χ2v) is 11.0. The van der Waals surface area contributed by atoms with E-state index >= 15 is 0 Å². The number of nitrogens with zero attached hydrogens (tertiary/aromatic N) is 2. The predicted molar refractivity (Wildman–Crippen MR) is 178 cm³/mol. The molecule has 1 N–H and O–H groups in total. The first-order chi connectivity index (χ1) is 21.3. The van der Waals surface area contributed by atoms with Crippen LogP contribution in [0.25, 0.3) is 6.08 Å². The Kier molecular flexibility index (Phi) is 11.3. The van der Waals surface area contributed by atoms with Gasteiger partial charge in [-0.1, -0.05) is 109 Å². The summed E-state index contributed by atoms with van der Waals surface area (Å²) in [5.41, 5.74) is 2.93. The van der Waals surface area contributed by atoms with E-state index in [4.69, 9.17) is 4.74 Å². The van der Waals surface area contributed by atoms with E-state index in [1.54, 1.807) is 55.5 Å². The molecule has 8 heteroatoms. The number of carbonyl (C=O) groups is 3. The van der Waals surface area contributed by atoms with Crippen LogP contribution >= 0.6 is 11.8 Å². The minimum absolute atomic E-state index is 0.0204. The first-order valence-electron chi connectivity index (χ1n) is 14.2. The number of nitrogens with one attached hydrogen (secondary N) is 1. The number of benzene rings is 3. The fourth-order valence-corrected chi connectivity index (χ4v) is 5.28. The summed E-state index contributed by atoms with van der Waals surface area (Å²) in [5.74, 6) is -0.864. The van der Waals surface area contributed by atoms with Crippen molar-refractivity contribution in [1.82, 2.24) is 10.2 Å². The third-order valence-electron chi connectivity index (χ3n) is 6.48. The van der Waals surface area contributed by atoms with Crippen LogP contribution in [-0.2, 0) is 14.4 Å². The Hall–Kier alpha value is -4.95. The molecule has 1 aliphatic rings. The number of ether oxygens (including phenoxy) is 1. The monoisotopic (exact) mass is 605 g/mol. The minimum Gasteiger partial charge on any atom is -0.491 e. The maximum Gasteiger partial charge on any atom is 0.285 e. The quantitative estimate of drug-likeness (QED) is 0.146. The fraction of sp³-hybridized carbons (Fsp3) is 0.167. The van der Waals surface area contributed by atoms with Crippen LogP contribution in [0.4, 0.5) is 0 Å². The molecule has 0 saturated carbocycles. The number of hydrogen-bond acceptors (Lipinski definition) is 5. The summed E-state index contributed by atoms with van der Waals surface area (Å²) in [6.45, 7) is 9.37. The second-order valence-electron chi connectivity index (χ2n) is 10.1. The van der Waals surface area contributed by atoms with Crippen molar-refractivity contribution in [3.8, 4) is 5.75 Å². The first kappa shape index (κ1) is 32.0. The van der Waals surface area contributed by atoms with Gasteiger partial charge in [0.15, 0.2) is 5.17 Å². The lowest BCUT2D eigenvalue weighted by molar-refractivity contribution is -0.126. The van der Waals surface area contributed by atoms with Crippen LogP contribution in [0.1, 0.15) is 43.5 Å². The highest BCUT2D eigenvalue weighted by molar-refractivity contribution is 8.14. The van der Waals surface area contributed by atoms with E-state index in [1.165, 1.54) is 11.0 Å². The van der Waals surface area contributed by atoms with Gasteiger partial charge < -0.3 is 10.1 Å². The van der Waals surface area contributed by atoms with Gasteiger partial charge in [0, 0.05) is 5.70 Å². The molecule has 1 aliphatic heterocycles. The number of rotatable bonds is 11. The van der Waals surface area contributed by atoms with E-state index in [-0.39, 0.29) is 34.5 Å². The number of amides is 3. The van der Waals surface area contributed by atoms with Gasteiger partial charge in [0.1, 0.15) is 11.3 Å². The fourth-order valence-electron chi connectivity index (χ4n) is 4.47. The number of thioether (sulfide) groups is 1. The van der Waals surface area contributed by atoms with Crippen LogP contribution in [0.2, 0.25) is 0 Å². The third kappa shape index (κ3) is 8.33. The normalized spacial score (nSPS) is 14.8. The van der Waals surface area contributed by atoms with Gasteiger partial charge in [-0.3, -0.25) is 19.3 Å². The molecule has 0 aromatic heterocycles. The number of allylic oxidation sites excluding steroid dienone is 4. The highest BCUT2D eigenvalue weighted by atomic mass is 32.2. The third-order valence-corrected chi connectivity index (χ3v) is 7.41. The average molecular weight is 606 g/mol. The minimum atomic E-state index is -0.675. The van der Waals surface area contributed by atoms with Crippen molar-refractivity contribution >= 4 is 40.7 Å². The van der Waals surface area contributed by atoms with Crippen LogP contribution in [-0.4, -0.2) is 39.6 Å². The number of amidine groups is 1. The predicted octanol–water partition coefficient (Wildman–Crippen LogP) is 6.87. The molecule has 0 atom stereocenters. The summed E-state index contributed by atoms with van der Waals surface area (Å²) in [7, 11) is 0. The van der Waals surface area contributed by atoms with E-state index in [0.717, 1.165) is 22.9 Å². The van der Waals surface area contributed by atoms with Gasteiger partial charge in [0.25, 0.3) is 11.8 Å². The van der Waals surface area contributed by atoms with E-state index in [0.29, 0.717) is 17.0 Å². The average Bonchev–Trinajstić information content (AvgIpc) is 3.03. The highest BCUT2D eigenvalue weighted by Gasteiger charge is 2.35. The number of aliphatic imine (C=N–C) groups is 1. The van der Waals surface area contributed by atoms with Crippen molar-refractivity contribution in [3.05, 3.63) is 144 Å². The van der Waals surface area contributed by atoms with Crippen molar-refractivity contribution in [2.75, 3.05) is 5.75 Å². The molecule has 0 aliphatic carbocycles. The smallest absolute Gasteiger partial charge is 0.285 e. The van der Waals surface area contributed by atoms with Crippen LogP contribution in [0.15, 0.2) is 132 Å². The molecule has 0 unspecified atom stereocenters. The van der Waals surface area contributed by atoms with Gasteiger partial charge in [0.2, 0.25) is 5.91 Å². The summed E-state index contributed by atoms with van der Waals surface area (Å²) in [5, 5.41) is 3.21. The van der Waals surface area contributed by atoms with Crippen molar-refractivity contribution in [1.29, 1.82) is 0 Å². The summed E-state index contributed by atoms with van der Waals surface area (Å²) in [6.07, 6.45) is 8.25. The van der Waals surface area contributed by atoms with Crippen LogP contribution in [0.3, 0.4) is 0 Å². The molecule has 0 fully saturated rings. The Balaban J connectivity index is 1.59. The molecule has 0 saturated heterocycles. The van der Waals surface area contributed by atoms with Gasteiger partial charge in [-0.05, 0) is 61.7 Å². The molecular formula is C36H35N3O4S. The zero-order valence-electron chi connectivity index (χ0n) is 25.0. The molecule has 3 aromatic rings. The Morgan fingerprint density at radius 1 is 0.977 bits per heavy atom. The topological polar surface area (TPSA) is 88.1 Å². The molecule has 0 spiro atoms. The molecule has 44 heavy (non-hydrogen) atoms. The van der Waals surface area contributed by atoms with Crippen molar-refractivity contribution in [3.63, 3.8) is 0 Å². The first-order valence-corrected chi connectivity index (χ1v) is 15.2. The zero-order chi connectivity index (χ0) is 31.5. The largest absolute Gasteiger partial charge is 0.491 e. The molecule has 224 valence electrons. The Morgan fingerprint density at radius 3 is 2.14 bits per heavy atom. The van der Waals surface area contributed by atoms with Crippen molar-refractivity contribution in [2.24, 2.45) is 4.99 Å². The maximum absolute atomic E-state index is 13.8. The van der Waals surface area contributed by atoms with Gasteiger partial charge in [-0.2, -0.15) is 4.99 Å². The van der Waals surface area contributed by atoms with Gasteiger partial charge in [-0.15, -0.1) is 0 Å². The van der Waals surface area contributed by atoms with E-state index < -0.39 is 11.8 Å². The standard InChI is InChI=1S/C36H35N3O4S/c1-5-7-18-29(6-2)39-35(42)31(23-26-19-21-30(22-20-26)43-25(3)4)34(41)38-36(39)44-24-32(40)37-33(27-14-10-8-11-15-27)28-16-12-9-13-17-28/h5-23,25,33H,1,24H2,2-4H3,(H,37,40)/b18-7-,29-6+,31-23+.